The van der Waals surface area contributed by atoms with Gasteiger partial charge in [0, 0.05) is 49.1 Å². The Morgan fingerprint density at radius 3 is 2.29 bits per heavy atom. The lowest BCUT2D eigenvalue weighted by atomic mass is 10.1. The fourth-order valence-electron chi connectivity index (χ4n) is 3.41. The van der Waals surface area contributed by atoms with Crippen molar-refractivity contribution in [3.8, 4) is 17.1 Å². The molecule has 3 aromatic rings. The highest BCUT2D eigenvalue weighted by atomic mass is 16.5. The number of rotatable bonds is 4. The van der Waals surface area contributed by atoms with Gasteiger partial charge >= 0.3 is 6.03 Å². The summed E-state index contributed by atoms with van der Waals surface area (Å²) in [5.74, 6) is 0.372. The number of para-hydroxylation sites is 1. The number of methoxy groups -OCH3 is 1. The molecule has 8 heteroatoms. The van der Waals surface area contributed by atoms with Gasteiger partial charge in [-0.2, -0.15) is 0 Å². The van der Waals surface area contributed by atoms with Gasteiger partial charge < -0.3 is 19.9 Å². The van der Waals surface area contributed by atoms with Crippen LogP contribution in [0.4, 0.5) is 10.5 Å². The third-order valence-corrected chi connectivity index (χ3v) is 5.13. The predicted octanol–water partition coefficient (Wildman–Crippen LogP) is 3.14. The van der Waals surface area contributed by atoms with Crippen molar-refractivity contribution in [3.05, 3.63) is 72.3 Å². The minimum absolute atomic E-state index is 0.0635. The maximum absolute atomic E-state index is 13.0. The molecule has 2 aromatic carbocycles. The number of carbonyl (C=O) groups is 2. The summed E-state index contributed by atoms with van der Waals surface area (Å²) in [4.78, 5) is 28.9. The molecule has 1 aliphatic heterocycles. The van der Waals surface area contributed by atoms with Crippen molar-refractivity contribution < 1.29 is 14.3 Å². The minimum atomic E-state index is -0.154. The molecule has 158 valence electrons. The lowest BCUT2D eigenvalue weighted by Gasteiger charge is -2.34. The number of amides is 3. The van der Waals surface area contributed by atoms with E-state index in [1.807, 2.05) is 48.5 Å². The number of hydrogen-bond acceptors (Lipinski definition) is 5. The van der Waals surface area contributed by atoms with Crippen LogP contribution in [-0.2, 0) is 0 Å². The lowest BCUT2D eigenvalue weighted by molar-refractivity contribution is 0.0671. The maximum atomic E-state index is 13.0. The Labute approximate surface area is 180 Å². The normalized spacial score (nSPS) is 13.6. The number of nitrogens with one attached hydrogen (secondary N) is 1. The van der Waals surface area contributed by atoms with Gasteiger partial charge in [0.2, 0.25) is 5.88 Å². The molecule has 1 saturated heterocycles. The van der Waals surface area contributed by atoms with Crippen LogP contribution in [0, 0.1) is 0 Å². The van der Waals surface area contributed by atoms with E-state index in [2.05, 4.69) is 15.5 Å². The SMILES string of the molecule is COc1ccc(-c2cccc(C(=O)N3CCN(C(=O)Nc4ccccc4)CC3)c2)nn1. The zero-order chi connectivity index (χ0) is 21.6. The molecular weight excluding hydrogens is 394 g/mol. The first kappa shape index (κ1) is 20.3. The van der Waals surface area contributed by atoms with Crippen LogP contribution in [-0.4, -0.2) is 65.2 Å². The fraction of sp³-hybridized carbons (Fsp3) is 0.217. The molecule has 8 nitrogen and oxygen atoms in total. The van der Waals surface area contributed by atoms with Crippen molar-refractivity contribution in [1.82, 2.24) is 20.0 Å². The van der Waals surface area contributed by atoms with Crippen LogP contribution in [0.5, 0.6) is 5.88 Å². The zero-order valence-corrected chi connectivity index (χ0v) is 17.2. The van der Waals surface area contributed by atoms with Crippen LogP contribution in [0.3, 0.4) is 0 Å². The summed E-state index contributed by atoms with van der Waals surface area (Å²) in [5, 5.41) is 11.0. The monoisotopic (exact) mass is 417 g/mol. The number of anilines is 1. The third-order valence-electron chi connectivity index (χ3n) is 5.13. The smallest absolute Gasteiger partial charge is 0.321 e. The second kappa shape index (κ2) is 9.25. The van der Waals surface area contributed by atoms with Crippen LogP contribution in [0.1, 0.15) is 10.4 Å². The Balaban J connectivity index is 1.38. The van der Waals surface area contributed by atoms with Crippen molar-refractivity contribution >= 4 is 17.6 Å². The highest BCUT2D eigenvalue weighted by Crippen LogP contribution is 2.20. The summed E-state index contributed by atoms with van der Waals surface area (Å²) >= 11 is 0. The molecule has 1 aromatic heterocycles. The van der Waals surface area contributed by atoms with E-state index in [0.717, 1.165) is 11.3 Å². The molecule has 0 saturated carbocycles. The number of piperazine rings is 1. The molecule has 4 rings (SSSR count). The molecular formula is C23H23N5O3. The predicted molar refractivity (Wildman–Crippen MR) is 117 cm³/mol. The number of hydrogen-bond donors (Lipinski definition) is 1. The van der Waals surface area contributed by atoms with Crippen molar-refractivity contribution in [2.45, 2.75) is 0 Å². The van der Waals surface area contributed by atoms with Crippen LogP contribution in [0.15, 0.2) is 66.7 Å². The molecule has 1 N–H and O–H groups in total. The fourth-order valence-corrected chi connectivity index (χ4v) is 3.41. The minimum Gasteiger partial charge on any atom is -0.480 e. The van der Waals surface area contributed by atoms with Crippen LogP contribution >= 0.6 is 0 Å². The molecule has 0 atom stereocenters. The highest BCUT2D eigenvalue weighted by molar-refractivity contribution is 5.96. The van der Waals surface area contributed by atoms with E-state index >= 15 is 0 Å². The van der Waals surface area contributed by atoms with E-state index < -0.39 is 0 Å². The molecule has 2 heterocycles. The van der Waals surface area contributed by atoms with E-state index in [1.54, 1.807) is 28.0 Å². The quantitative estimate of drug-likeness (QED) is 0.705. The summed E-state index contributed by atoms with van der Waals surface area (Å²) in [6.07, 6.45) is 0. The van der Waals surface area contributed by atoms with Gasteiger partial charge in [-0.25, -0.2) is 4.79 Å². The molecule has 0 spiro atoms. The highest BCUT2D eigenvalue weighted by Gasteiger charge is 2.25. The summed E-state index contributed by atoms with van der Waals surface area (Å²) in [7, 11) is 1.54. The van der Waals surface area contributed by atoms with Crippen molar-refractivity contribution in [3.63, 3.8) is 0 Å². The molecule has 0 radical (unpaired) electrons. The standard InChI is InChI=1S/C23H23N5O3/c1-31-21-11-10-20(25-26-21)17-6-5-7-18(16-17)22(29)27-12-14-28(15-13-27)23(30)24-19-8-3-2-4-9-19/h2-11,16H,12-15H2,1H3,(H,24,30). The summed E-state index contributed by atoms with van der Waals surface area (Å²) in [5.41, 5.74) is 2.81. The molecule has 0 bridgehead atoms. The second-order valence-corrected chi connectivity index (χ2v) is 7.12. The average Bonchev–Trinajstić information content (AvgIpc) is 2.84. The largest absolute Gasteiger partial charge is 0.480 e. The van der Waals surface area contributed by atoms with Crippen molar-refractivity contribution in [1.29, 1.82) is 0 Å². The Hall–Kier alpha value is -3.94. The first-order valence-corrected chi connectivity index (χ1v) is 10.0. The summed E-state index contributed by atoms with van der Waals surface area (Å²) < 4.78 is 5.04. The molecule has 0 aliphatic carbocycles. The Morgan fingerprint density at radius 1 is 0.871 bits per heavy atom. The van der Waals surface area contributed by atoms with Gasteiger partial charge in [0.25, 0.3) is 5.91 Å². The Bertz CT molecular complexity index is 1050. The van der Waals surface area contributed by atoms with E-state index in [9.17, 15) is 9.59 Å². The van der Waals surface area contributed by atoms with Crippen molar-refractivity contribution in [2.75, 3.05) is 38.6 Å². The molecule has 3 amide bonds. The number of benzene rings is 2. The van der Waals surface area contributed by atoms with Gasteiger partial charge in [-0.1, -0.05) is 30.3 Å². The van der Waals surface area contributed by atoms with Gasteiger partial charge in [-0.15, -0.1) is 10.2 Å². The van der Waals surface area contributed by atoms with E-state index in [0.29, 0.717) is 43.3 Å². The van der Waals surface area contributed by atoms with Gasteiger partial charge in [0.05, 0.1) is 12.8 Å². The van der Waals surface area contributed by atoms with Crippen LogP contribution < -0.4 is 10.1 Å². The van der Waals surface area contributed by atoms with Crippen LogP contribution in [0.25, 0.3) is 11.3 Å². The zero-order valence-electron chi connectivity index (χ0n) is 17.2. The van der Waals surface area contributed by atoms with Crippen molar-refractivity contribution in [2.24, 2.45) is 0 Å². The Morgan fingerprint density at radius 2 is 1.61 bits per heavy atom. The van der Waals surface area contributed by atoms with E-state index in [-0.39, 0.29) is 11.9 Å². The lowest BCUT2D eigenvalue weighted by Crippen LogP contribution is -2.51. The van der Waals surface area contributed by atoms with Gasteiger partial charge in [-0.05, 0) is 30.3 Å². The maximum Gasteiger partial charge on any atom is 0.321 e. The number of ether oxygens (including phenoxy) is 1. The molecule has 0 unspecified atom stereocenters. The molecule has 31 heavy (non-hydrogen) atoms. The van der Waals surface area contributed by atoms with E-state index in [1.165, 1.54) is 7.11 Å². The van der Waals surface area contributed by atoms with Gasteiger partial charge in [-0.3, -0.25) is 4.79 Å². The number of nitrogens with zero attached hydrogens (tertiary/aromatic N) is 4. The first-order valence-electron chi connectivity index (χ1n) is 10.0. The van der Waals surface area contributed by atoms with Gasteiger partial charge in [0.1, 0.15) is 0 Å². The van der Waals surface area contributed by atoms with Crippen LogP contribution in [0.2, 0.25) is 0 Å². The Kier molecular flexibility index (Phi) is 6.07. The van der Waals surface area contributed by atoms with Gasteiger partial charge in [0.15, 0.2) is 0 Å². The summed E-state index contributed by atoms with van der Waals surface area (Å²) in [6.45, 7) is 1.92. The van der Waals surface area contributed by atoms with E-state index in [4.69, 9.17) is 4.74 Å². The average molecular weight is 417 g/mol. The molecule has 1 fully saturated rings. The first-order chi connectivity index (χ1) is 15.1. The topological polar surface area (TPSA) is 87.7 Å². The third kappa shape index (κ3) is 4.80. The number of carbonyl (C=O) groups excluding carboxylic acids is 2. The number of aromatic nitrogens is 2. The molecule has 1 aliphatic rings. The summed E-state index contributed by atoms with van der Waals surface area (Å²) in [6, 6.07) is 20.0. The number of urea groups is 1. The second-order valence-electron chi connectivity index (χ2n) is 7.12.